The predicted molar refractivity (Wildman–Crippen MR) is 96.1 cm³/mol. The number of hydrogen-bond donors (Lipinski definition) is 4. The molecule has 1 aromatic carbocycles. The highest BCUT2D eigenvalue weighted by Gasteiger charge is 2.65. The molecule has 0 saturated heterocycles. The van der Waals surface area contributed by atoms with Gasteiger partial charge in [0.1, 0.15) is 6.10 Å². The summed E-state index contributed by atoms with van der Waals surface area (Å²) in [5.74, 6) is 0.768. The Bertz CT molecular complexity index is 726. The molecule has 2 saturated carbocycles. The van der Waals surface area contributed by atoms with Crippen LogP contribution in [0.3, 0.4) is 0 Å². The molecule has 4 N–H and O–H groups in total. The molecule has 0 bridgehead atoms. The number of anilines is 1. The van der Waals surface area contributed by atoms with Gasteiger partial charge in [-0.3, -0.25) is 10.0 Å². The van der Waals surface area contributed by atoms with Crippen molar-refractivity contribution in [1.82, 2.24) is 5.32 Å². The van der Waals surface area contributed by atoms with E-state index < -0.39 is 12.1 Å². The average molecular weight is 361 g/mol. The first kappa shape index (κ1) is 18.8. The number of rotatable bonds is 6. The first-order valence-corrected chi connectivity index (χ1v) is 8.74. The van der Waals surface area contributed by atoms with E-state index in [1.54, 1.807) is 0 Å². The molecule has 1 aromatic rings. The molecule has 0 aliphatic heterocycles. The van der Waals surface area contributed by atoms with Crippen LogP contribution in [0.2, 0.25) is 0 Å². The fraction of sp³-hybridized carbons (Fsp3) is 0.526. The van der Waals surface area contributed by atoms with Crippen molar-refractivity contribution in [1.29, 1.82) is 0 Å². The highest BCUT2D eigenvalue weighted by Crippen LogP contribution is 2.68. The molecule has 0 aromatic heterocycles. The van der Waals surface area contributed by atoms with Gasteiger partial charge in [0.05, 0.1) is 18.3 Å². The lowest BCUT2D eigenvalue weighted by Gasteiger charge is -2.26. The van der Waals surface area contributed by atoms with Crippen LogP contribution < -0.4 is 10.5 Å². The second-order valence-corrected chi connectivity index (χ2v) is 7.81. The zero-order valence-electron chi connectivity index (χ0n) is 15.1. The minimum absolute atomic E-state index is 0.0475. The van der Waals surface area contributed by atoms with Crippen molar-refractivity contribution in [2.24, 2.45) is 17.3 Å². The smallest absolute Gasteiger partial charge is 0.161 e. The van der Waals surface area contributed by atoms with E-state index in [1.165, 1.54) is 24.3 Å². The lowest BCUT2D eigenvalue weighted by molar-refractivity contribution is -0.115. The number of hydrogen-bond acceptors (Lipinski definition) is 7. The maximum atomic E-state index is 12.3. The van der Waals surface area contributed by atoms with Gasteiger partial charge in [-0.25, -0.2) is 0 Å². The lowest BCUT2D eigenvalue weighted by Crippen LogP contribution is -2.38. The molecule has 0 unspecified atom stereocenters. The quantitative estimate of drug-likeness (QED) is 0.451. The van der Waals surface area contributed by atoms with Gasteiger partial charge in [0.2, 0.25) is 0 Å². The number of nitrogens with zero attached hydrogens (tertiary/aromatic N) is 1. The summed E-state index contributed by atoms with van der Waals surface area (Å²) in [6.45, 7) is 5.79. The van der Waals surface area contributed by atoms with Crippen LogP contribution in [0.4, 0.5) is 5.69 Å². The van der Waals surface area contributed by atoms with Gasteiger partial charge in [-0.15, -0.1) is 0 Å². The van der Waals surface area contributed by atoms with Crippen LogP contribution in [-0.2, 0) is 4.79 Å². The molecule has 26 heavy (non-hydrogen) atoms. The van der Waals surface area contributed by atoms with E-state index in [9.17, 15) is 20.2 Å². The van der Waals surface area contributed by atoms with Gasteiger partial charge in [-0.1, -0.05) is 26.0 Å². The largest absolute Gasteiger partial charge is 0.733 e. The third kappa shape index (κ3) is 3.12. The summed E-state index contributed by atoms with van der Waals surface area (Å²) in [5, 5.41) is 42.8. The maximum Gasteiger partial charge on any atom is 0.161 e. The minimum atomic E-state index is -1.04. The monoisotopic (exact) mass is 361 g/mol. The normalized spacial score (nSPS) is 27.6. The van der Waals surface area contributed by atoms with Gasteiger partial charge in [-0.2, -0.15) is 0 Å². The van der Waals surface area contributed by atoms with Gasteiger partial charge in [0.15, 0.2) is 5.78 Å². The number of aliphatic hydroxyl groups excluding tert-OH is 2. The first-order valence-electron chi connectivity index (χ1n) is 8.74. The molecule has 0 heterocycles. The number of fused-ring (bicyclic) bond motifs is 1. The Hall–Kier alpha value is -1.93. The topological polar surface area (TPSA) is 116 Å². The van der Waals surface area contributed by atoms with Crippen molar-refractivity contribution in [2.45, 2.75) is 39.3 Å². The van der Waals surface area contributed by atoms with Gasteiger partial charge in [0.25, 0.3) is 0 Å². The molecular weight excluding hydrogens is 336 g/mol. The van der Waals surface area contributed by atoms with Crippen molar-refractivity contribution in [2.75, 3.05) is 11.8 Å². The summed E-state index contributed by atoms with van der Waals surface area (Å²) in [5.41, 5.74) is 2.14. The van der Waals surface area contributed by atoms with Crippen LogP contribution in [0.1, 0.15) is 38.9 Å². The molecule has 0 amide bonds. The number of Topliss-reactive ketones (excluding diaryl/α,β-unsaturated/α-hetero) is 1. The summed E-state index contributed by atoms with van der Waals surface area (Å²) >= 11 is 0. The van der Waals surface area contributed by atoms with E-state index in [-0.39, 0.29) is 34.6 Å². The van der Waals surface area contributed by atoms with E-state index in [4.69, 9.17) is 5.21 Å². The number of benzene rings is 1. The maximum absolute atomic E-state index is 12.3. The Morgan fingerprint density at radius 2 is 2.00 bits per heavy atom. The minimum Gasteiger partial charge on any atom is -0.733 e. The standard InChI is InChI=1S/C19H25N2O5/c1-10(16-15(23)8-13-17(16)19(13,2)3)20-14(9-22)18(24)11-4-6-12(7-5-11)21(25)26/h4-7,13-14,17-18,20,22,24-25H,8-9H2,1-3H3/q-1/t13-,14+,17+,18+/m1/s1. The molecular formula is C19H25N2O5-. The Morgan fingerprint density at radius 1 is 1.38 bits per heavy atom. The summed E-state index contributed by atoms with van der Waals surface area (Å²) in [7, 11) is 0. The number of aliphatic hydroxyl groups is 2. The third-order valence-corrected chi connectivity index (χ3v) is 5.91. The number of carbonyl (C=O) groups excluding carboxylic acids is 1. The fourth-order valence-corrected chi connectivity index (χ4v) is 4.24. The lowest BCUT2D eigenvalue weighted by atomic mass is 9.94. The number of nitrogens with one attached hydrogen (secondary N) is 1. The van der Waals surface area contributed by atoms with Crippen molar-refractivity contribution < 1.29 is 20.2 Å². The average Bonchev–Trinajstić information content (AvgIpc) is 2.94. The number of ketones is 1. The van der Waals surface area contributed by atoms with E-state index in [0.29, 0.717) is 23.6 Å². The Labute approximate surface area is 152 Å². The van der Waals surface area contributed by atoms with Gasteiger partial charge in [-0.05, 0) is 41.9 Å². The molecule has 0 spiro atoms. The van der Waals surface area contributed by atoms with Gasteiger partial charge >= 0.3 is 0 Å². The molecule has 7 nitrogen and oxygen atoms in total. The van der Waals surface area contributed by atoms with E-state index in [1.807, 2.05) is 6.92 Å². The molecule has 3 rings (SSSR count). The fourth-order valence-electron chi connectivity index (χ4n) is 4.24. The highest BCUT2D eigenvalue weighted by atomic mass is 16.8. The Kier molecular flexibility index (Phi) is 4.83. The van der Waals surface area contributed by atoms with Crippen molar-refractivity contribution >= 4 is 11.5 Å². The number of allylic oxidation sites excluding steroid dienone is 2. The summed E-state index contributed by atoms with van der Waals surface area (Å²) in [4.78, 5) is 12.3. The van der Waals surface area contributed by atoms with E-state index in [0.717, 1.165) is 5.57 Å². The van der Waals surface area contributed by atoms with Crippen molar-refractivity contribution in [3.8, 4) is 0 Å². The van der Waals surface area contributed by atoms with Crippen LogP contribution >= 0.6 is 0 Å². The molecule has 7 heteroatoms. The van der Waals surface area contributed by atoms with Crippen LogP contribution in [0.5, 0.6) is 0 Å². The van der Waals surface area contributed by atoms with Crippen LogP contribution in [-0.4, -0.2) is 33.9 Å². The molecule has 4 atom stereocenters. The van der Waals surface area contributed by atoms with Crippen LogP contribution in [0.15, 0.2) is 35.5 Å². The predicted octanol–water partition coefficient (Wildman–Crippen LogP) is 1.88. The van der Waals surface area contributed by atoms with Gasteiger partial charge < -0.3 is 26.0 Å². The van der Waals surface area contributed by atoms with E-state index in [2.05, 4.69) is 19.2 Å². The second-order valence-electron chi connectivity index (χ2n) is 7.81. The zero-order chi connectivity index (χ0) is 19.2. The SMILES string of the molecule is CC(N[C@@H](CO)[C@@H](O)c1ccc(N([O-])O)cc1)=C1C(=O)C[C@@H]2[C@@H]1C2(C)C. The second kappa shape index (κ2) is 6.66. The van der Waals surface area contributed by atoms with Crippen LogP contribution in [0, 0.1) is 22.5 Å². The third-order valence-electron chi connectivity index (χ3n) is 5.91. The summed E-state index contributed by atoms with van der Waals surface area (Å²) < 4.78 is 0. The first-order chi connectivity index (χ1) is 12.2. The molecule has 2 aliphatic carbocycles. The summed E-state index contributed by atoms with van der Waals surface area (Å²) in [6.07, 6.45) is -0.477. The van der Waals surface area contributed by atoms with Crippen molar-refractivity contribution in [3.63, 3.8) is 0 Å². The molecule has 2 aliphatic rings. The summed E-state index contributed by atoms with van der Waals surface area (Å²) in [6, 6.07) is 5.08. The molecule has 142 valence electrons. The Balaban J connectivity index is 1.76. The molecule has 0 radical (unpaired) electrons. The highest BCUT2D eigenvalue weighted by molar-refractivity contribution is 6.01. The van der Waals surface area contributed by atoms with Crippen LogP contribution in [0.25, 0.3) is 0 Å². The van der Waals surface area contributed by atoms with Crippen molar-refractivity contribution in [3.05, 3.63) is 46.3 Å². The number of carbonyl (C=O) groups is 1. The zero-order valence-corrected chi connectivity index (χ0v) is 15.1. The molecule has 2 fully saturated rings. The Morgan fingerprint density at radius 3 is 2.50 bits per heavy atom. The van der Waals surface area contributed by atoms with Gasteiger partial charge in [0, 0.05) is 17.7 Å². The van der Waals surface area contributed by atoms with E-state index >= 15 is 0 Å².